The van der Waals surface area contributed by atoms with Gasteiger partial charge in [0.25, 0.3) is 0 Å². The molecule has 7 heavy (non-hydrogen) atoms. The number of rotatable bonds is 0. The van der Waals surface area contributed by atoms with Gasteiger partial charge in [0.05, 0.1) is 6.33 Å². The van der Waals surface area contributed by atoms with Crippen LogP contribution in [0.1, 0.15) is 0 Å². The van der Waals surface area contributed by atoms with Crippen LogP contribution in [0, 0.1) is 0 Å². The Kier molecular flexibility index (Phi) is 3.34. The molecule has 0 amide bonds. The summed E-state index contributed by atoms with van der Waals surface area (Å²) in [5.41, 5.74) is 0. The molecule has 1 aromatic heterocycles. The normalized spacial score (nSPS) is 7.57. The van der Waals surface area contributed by atoms with E-state index in [1.807, 2.05) is 17.8 Å². The van der Waals surface area contributed by atoms with Gasteiger partial charge < -0.3 is 4.57 Å². The Hall–Kier alpha value is 0.210. The van der Waals surface area contributed by atoms with Crippen molar-refractivity contribution < 1.29 is 0 Å². The van der Waals surface area contributed by atoms with E-state index >= 15 is 0 Å². The molecule has 0 atom stereocenters. The van der Waals surface area contributed by atoms with Gasteiger partial charge in [0.2, 0.25) is 0 Å². The Morgan fingerprint density at radius 1 is 1.57 bits per heavy atom. The predicted octanol–water partition coefficient (Wildman–Crippen LogP) is -0.228. The van der Waals surface area contributed by atoms with Crippen LogP contribution in [0.25, 0.3) is 0 Å². The first-order valence-corrected chi connectivity index (χ1v) is 1.81. The molecule has 0 aliphatic carbocycles. The van der Waals surface area contributed by atoms with E-state index in [1.165, 1.54) is 0 Å². The molecular formula is C4H7N2Na. The van der Waals surface area contributed by atoms with E-state index < -0.39 is 0 Å². The molecule has 1 heterocycles. The summed E-state index contributed by atoms with van der Waals surface area (Å²) in [5, 5.41) is 0. The van der Waals surface area contributed by atoms with E-state index in [1.54, 1.807) is 12.5 Å². The van der Waals surface area contributed by atoms with Gasteiger partial charge in [-0.2, -0.15) is 0 Å². The van der Waals surface area contributed by atoms with Crippen molar-refractivity contribution in [3.63, 3.8) is 0 Å². The number of hydrogen-bond donors (Lipinski definition) is 0. The standard InChI is InChI=1S/C4H6N2.Na.H/c1-6-3-2-5-4-6;;/h2-4H,1H3;;. The topological polar surface area (TPSA) is 17.8 Å². The van der Waals surface area contributed by atoms with Gasteiger partial charge in [0, 0.05) is 19.4 Å². The molecule has 0 aliphatic heterocycles. The van der Waals surface area contributed by atoms with Crippen LogP contribution < -0.4 is 0 Å². The van der Waals surface area contributed by atoms with Crippen LogP contribution >= 0.6 is 0 Å². The van der Waals surface area contributed by atoms with Crippen LogP contribution in [-0.2, 0) is 7.05 Å². The molecule has 3 heteroatoms. The Morgan fingerprint density at radius 3 is 2.43 bits per heavy atom. The average Bonchev–Trinajstić information content (AvgIpc) is 1.86. The molecule has 1 aromatic rings. The molecule has 2 nitrogen and oxygen atoms in total. The zero-order valence-electron chi connectivity index (χ0n) is 3.63. The summed E-state index contributed by atoms with van der Waals surface area (Å²) in [6.45, 7) is 0. The molecule has 0 bridgehead atoms. The molecule has 34 valence electrons. The van der Waals surface area contributed by atoms with Crippen molar-refractivity contribution in [2.45, 2.75) is 0 Å². The van der Waals surface area contributed by atoms with Gasteiger partial charge >= 0.3 is 29.6 Å². The molecule has 0 spiro atoms. The van der Waals surface area contributed by atoms with Gasteiger partial charge in [0.1, 0.15) is 0 Å². The molecular weight excluding hydrogens is 99.0 g/mol. The summed E-state index contributed by atoms with van der Waals surface area (Å²) >= 11 is 0. The van der Waals surface area contributed by atoms with Crippen molar-refractivity contribution in [3.8, 4) is 0 Å². The van der Waals surface area contributed by atoms with E-state index in [0.717, 1.165) is 0 Å². The third kappa shape index (κ3) is 2.12. The molecule has 0 saturated heterocycles. The second-order valence-electron chi connectivity index (χ2n) is 1.23. The Morgan fingerprint density at radius 2 is 2.29 bits per heavy atom. The van der Waals surface area contributed by atoms with Gasteiger partial charge in [-0.1, -0.05) is 0 Å². The minimum absolute atomic E-state index is 0. The second-order valence-corrected chi connectivity index (χ2v) is 1.23. The molecule has 0 saturated carbocycles. The fraction of sp³-hybridized carbons (Fsp3) is 0.250. The van der Waals surface area contributed by atoms with E-state index in [9.17, 15) is 0 Å². The maximum absolute atomic E-state index is 3.78. The van der Waals surface area contributed by atoms with E-state index in [-0.39, 0.29) is 29.6 Å². The minimum atomic E-state index is 0. The van der Waals surface area contributed by atoms with Crippen molar-refractivity contribution in [1.29, 1.82) is 0 Å². The Balaban J connectivity index is 0.000000360. The van der Waals surface area contributed by atoms with Crippen LogP contribution in [0.3, 0.4) is 0 Å². The van der Waals surface area contributed by atoms with Gasteiger partial charge in [-0.05, 0) is 0 Å². The van der Waals surface area contributed by atoms with Crippen molar-refractivity contribution in [1.82, 2.24) is 9.55 Å². The first-order chi connectivity index (χ1) is 2.89. The molecule has 0 fully saturated rings. The quantitative estimate of drug-likeness (QED) is 0.418. The second kappa shape index (κ2) is 3.24. The van der Waals surface area contributed by atoms with Gasteiger partial charge in [-0.3, -0.25) is 0 Å². The summed E-state index contributed by atoms with van der Waals surface area (Å²) in [6.07, 6.45) is 5.39. The monoisotopic (exact) mass is 106 g/mol. The SMILES string of the molecule is Cn1ccnc1.[NaH]. The summed E-state index contributed by atoms with van der Waals surface area (Å²) < 4.78 is 1.89. The molecule has 0 aromatic carbocycles. The number of imidazole rings is 1. The summed E-state index contributed by atoms with van der Waals surface area (Å²) in [7, 11) is 1.94. The number of aryl methyl sites for hydroxylation is 1. The Bertz CT molecular complexity index is 113. The maximum atomic E-state index is 3.78. The van der Waals surface area contributed by atoms with Crippen LogP contribution in [0.2, 0.25) is 0 Å². The van der Waals surface area contributed by atoms with E-state index in [0.29, 0.717) is 0 Å². The van der Waals surface area contributed by atoms with Crippen LogP contribution in [0.4, 0.5) is 0 Å². The number of hydrogen-bond acceptors (Lipinski definition) is 1. The molecule has 0 unspecified atom stereocenters. The predicted molar refractivity (Wildman–Crippen MR) is 30.4 cm³/mol. The number of nitrogens with zero attached hydrogens (tertiary/aromatic N) is 2. The van der Waals surface area contributed by atoms with Crippen molar-refractivity contribution in [2.24, 2.45) is 7.05 Å². The molecule has 1 rings (SSSR count). The molecule has 0 N–H and O–H groups in total. The first-order valence-electron chi connectivity index (χ1n) is 1.81. The molecule has 0 aliphatic rings. The summed E-state index contributed by atoms with van der Waals surface area (Å²) in [4.78, 5) is 3.78. The summed E-state index contributed by atoms with van der Waals surface area (Å²) in [6, 6.07) is 0. The zero-order chi connectivity index (χ0) is 4.41. The van der Waals surface area contributed by atoms with Crippen molar-refractivity contribution >= 4 is 29.6 Å². The Labute approximate surface area is 64.8 Å². The van der Waals surface area contributed by atoms with Crippen molar-refractivity contribution in [2.75, 3.05) is 0 Å². The van der Waals surface area contributed by atoms with Gasteiger partial charge in [-0.15, -0.1) is 0 Å². The third-order valence-electron chi connectivity index (χ3n) is 0.637. The summed E-state index contributed by atoms with van der Waals surface area (Å²) in [5.74, 6) is 0. The average molecular weight is 106 g/mol. The van der Waals surface area contributed by atoms with Crippen molar-refractivity contribution in [3.05, 3.63) is 18.7 Å². The molecule has 0 radical (unpaired) electrons. The first kappa shape index (κ1) is 7.21. The fourth-order valence-corrected chi connectivity index (χ4v) is 0.326. The van der Waals surface area contributed by atoms with Crippen LogP contribution in [-0.4, -0.2) is 39.1 Å². The third-order valence-corrected chi connectivity index (χ3v) is 0.637. The number of aromatic nitrogens is 2. The van der Waals surface area contributed by atoms with E-state index in [4.69, 9.17) is 0 Å². The van der Waals surface area contributed by atoms with E-state index in [2.05, 4.69) is 4.98 Å². The zero-order valence-corrected chi connectivity index (χ0v) is 3.63. The van der Waals surface area contributed by atoms with Crippen LogP contribution in [0.15, 0.2) is 18.7 Å². The van der Waals surface area contributed by atoms with Gasteiger partial charge in [-0.25, -0.2) is 4.98 Å². The fourth-order valence-electron chi connectivity index (χ4n) is 0.326. The van der Waals surface area contributed by atoms with Crippen LogP contribution in [0.5, 0.6) is 0 Å². The van der Waals surface area contributed by atoms with Gasteiger partial charge in [0.15, 0.2) is 0 Å².